The van der Waals surface area contributed by atoms with Gasteiger partial charge in [-0.3, -0.25) is 0 Å². The third kappa shape index (κ3) is 2.94. The van der Waals surface area contributed by atoms with E-state index in [0.717, 1.165) is 36.4 Å². The zero-order valence-electron chi connectivity index (χ0n) is 12.9. The molecule has 3 rings (SSSR count). The van der Waals surface area contributed by atoms with Crippen molar-refractivity contribution >= 4 is 5.65 Å². The van der Waals surface area contributed by atoms with Gasteiger partial charge in [0.05, 0.1) is 12.8 Å². The van der Waals surface area contributed by atoms with E-state index in [-0.39, 0.29) is 0 Å². The second-order valence-electron chi connectivity index (χ2n) is 5.10. The summed E-state index contributed by atoms with van der Waals surface area (Å²) in [5.41, 5.74) is 4.00. The van der Waals surface area contributed by atoms with E-state index < -0.39 is 0 Å². The number of nitrogens with one attached hydrogen (secondary N) is 1. The Kier molecular flexibility index (Phi) is 4.34. The van der Waals surface area contributed by atoms with Crippen LogP contribution in [-0.4, -0.2) is 34.6 Å². The average molecular weight is 296 g/mol. The fourth-order valence-corrected chi connectivity index (χ4v) is 2.47. The second-order valence-corrected chi connectivity index (χ2v) is 5.10. The van der Waals surface area contributed by atoms with Gasteiger partial charge in [0.25, 0.3) is 5.88 Å². The number of nitrogens with zero attached hydrogens (tertiary/aromatic N) is 3. The van der Waals surface area contributed by atoms with Gasteiger partial charge < -0.3 is 14.5 Å². The van der Waals surface area contributed by atoms with Crippen molar-refractivity contribution in [2.45, 2.75) is 13.3 Å². The van der Waals surface area contributed by atoms with Gasteiger partial charge in [-0.05, 0) is 31.1 Å². The van der Waals surface area contributed by atoms with E-state index in [1.54, 1.807) is 13.3 Å². The molecule has 0 spiro atoms. The van der Waals surface area contributed by atoms with E-state index >= 15 is 0 Å². The maximum Gasteiger partial charge on any atom is 0.258 e. The summed E-state index contributed by atoms with van der Waals surface area (Å²) in [6.07, 6.45) is 6.63. The maximum absolute atomic E-state index is 5.35. The number of hydrogen-bond donors (Lipinski definition) is 1. The summed E-state index contributed by atoms with van der Waals surface area (Å²) in [6, 6.07) is 8.47. The predicted molar refractivity (Wildman–Crippen MR) is 87.2 cm³/mol. The van der Waals surface area contributed by atoms with Gasteiger partial charge in [0.1, 0.15) is 0 Å². The van der Waals surface area contributed by atoms with Crippen LogP contribution < -0.4 is 10.1 Å². The molecule has 1 N–H and O–H groups in total. The van der Waals surface area contributed by atoms with Gasteiger partial charge in [0.2, 0.25) is 0 Å². The van der Waals surface area contributed by atoms with Crippen LogP contribution in [0, 0.1) is 0 Å². The molecule has 0 saturated heterocycles. The van der Waals surface area contributed by atoms with Gasteiger partial charge in [-0.2, -0.15) is 0 Å². The molecule has 0 aliphatic heterocycles. The molecule has 2 heterocycles. The van der Waals surface area contributed by atoms with Gasteiger partial charge in [-0.25, -0.2) is 9.97 Å². The van der Waals surface area contributed by atoms with Crippen molar-refractivity contribution in [1.82, 2.24) is 19.7 Å². The van der Waals surface area contributed by atoms with E-state index in [2.05, 4.69) is 46.5 Å². The summed E-state index contributed by atoms with van der Waals surface area (Å²) < 4.78 is 7.29. The molecule has 0 fully saturated rings. The highest BCUT2D eigenvalue weighted by atomic mass is 16.5. The van der Waals surface area contributed by atoms with Crippen LogP contribution in [0.1, 0.15) is 12.5 Å². The monoisotopic (exact) mass is 296 g/mol. The Labute approximate surface area is 130 Å². The average Bonchev–Trinajstić information content (AvgIpc) is 3.03. The van der Waals surface area contributed by atoms with Crippen LogP contribution in [0.4, 0.5) is 0 Å². The Morgan fingerprint density at radius 1 is 1.32 bits per heavy atom. The Hall–Kier alpha value is -2.40. The lowest BCUT2D eigenvalue weighted by Gasteiger charge is -2.08. The van der Waals surface area contributed by atoms with Crippen LogP contribution in [0.25, 0.3) is 16.9 Å². The Balaban J connectivity index is 1.94. The van der Waals surface area contributed by atoms with Crippen LogP contribution in [0.2, 0.25) is 0 Å². The maximum atomic E-state index is 5.35. The lowest BCUT2D eigenvalue weighted by atomic mass is 10.1. The number of fused-ring (bicyclic) bond motifs is 1. The largest absolute Gasteiger partial charge is 0.478 e. The first-order valence-corrected chi connectivity index (χ1v) is 7.49. The molecule has 22 heavy (non-hydrogen) atoms. The van der Waals surface area contributed by atoms with Crippen molar-refractivity contribution in [3.05, 3.63) is 48.4 Å². The number of rotatable bonds is 6. The molecular formula is C17H20N4O. The van der Waals surface area contributed by atoms with E-state index in [1.807, 2.05) is 16.8 Å². The highest BCUT2D eigenvalue weighted by Crippen LogP contribution is 2.23. The van der Waals surface area contributed by atoms with E-state index in [0.29, 0.717) is 5.88 Å². The first kappa shape index (κ1) is 14.5. The molecule has 0 amide bonds. The first-order chi connectivity index (χ1) is 10.8. The summed E-state index contributed by atoms with van der Waals surface area (Å²) >= 11 is 0. The predicted octanol–water partition coefficient (Wildman–Crippen LogP) is 2.56. The molecule has 114 valence electrons. The smallest absolute Gasteiger partial charge is 0.258 e. The van der Waals surface area contributed by atoms with Crippen LogP contribution in [0.5, 0.6) is 5.88 Å². The minimum atomic E-state index is 0.542. The van der Waals surface area contributed by atoms with E-state index in [1.165, 1.54) is 5.56 Å². The Bertz CT molecular complexity index is 766. The number of imidazole rings is 1. The quantitative estimate of drug-likeness (QED) is 0.710. The fourth-order valence-electron chi connectivity index (χ4n) is 2.47. The molecule has 0 bridgehead atoms. The van der Waals surface area contributed by atoms with Gasteiger partial charge >= 0.3 is 0 Å². The molecule has 0 atom stereocenters. The molecular weight excluding hydrogens is 276 g/mol. The molecule has 1 aromatic carbocycles. The third-order valence-electron chi connectivity index (χ3n) is 3.60. The van der Waals surface area contributed by atoms with Crippen molar-refractivity contribution < 1.29 is 4.74 Å². The van der Waals surface area contributed by atoms with Crippen molar-refractivity contribution in [3.63, 3.8) is 0 Å². The van der Waals surface area contributed by atoms with Crippen molar-refractivity contribution in [2.24, 2.45) is 0 Å². The molecule has 0 aliphatic carbocycles. The number of ether oxygens (including phenoxy) is 1. The first-order valence-electron chi connectivity index (χ1n) is 7.49. The zero-order chi connectivity index (χ0) is 15.4. The minimum absolute atomic E-state index is 0.542. The summed E-state index contributed by atoms with van der Waals surface area (Å²) in [4.78, 5) is 8.84. The van der Waals surface area contributed by atoms with Crippen LogP contribution >= 0.6 is 0 Å². The Morgan fingerprint density at radius 3 is 3.05 bits per heavy atom. The fraction of sp³-hybridized carbons (Fsp3) is 0.294. The van der Waals surface area contributed by atoms with Gasteiger partial charge in [-0.15, -0.1) is 0 Å². The second kappa shape index (κ2) is 6.58. The van der Waals surface area contributed by atoms with Gasteiger partial charge in [-0.1, -0.05) is 25.1 Å². The molecule has 0 saturated carbocycles. The number of aromatic nitrogens is 3. The molecule has 0 unspecified atom stereocenters. The topological polar surface area (TPSA) is 51.5 Å². The summed E-state index contributed by atoms with van der Waals surface area (Å²) in [5, 5.41) is 3.35. The van der Waals surface area contributed by atoms with E-state index in [4.69, 9.17) is 4.74 Å². The number of hydrogen-bond acceptors (Lipinski definition) is 4. The summed E-state index contributed by atoms with van der Waals surface area (Å²) in [7, 11) is 1.62. The zero-order valence-corrected chi connectivity index (χ0v) is 12.9. The normalized spacial score (nSPS) is 11.0. The summed E-state index contributed by atoms with van der Waals surface area (Å²) in [5.74, 6) is 0.542. The molecule has 0 radical (unpaired) electrons. The molecule has 0 aliphatic rings. The van der Waals surface area contributed by atoms with Crippen molar-refractivity contribution in [2.75, 3.05) is 20.2 Å². The molecule has 2 aromatic heterocycles. The summed E-state index contributed by atoms with van der Waals surface area (Å²) in [6.45, 7) is 4.10. The number of methoxy groups -OCH3 is 1. The van der Waals surface area contributed by atoms with Gasteiger partial charge in [0.15, 0.2) is 5.65 Å². The third-order valence-corrected chi connectivity index (χ3v) is 3.60. The Morgan fingerprint density at radius 2 is 2.23 bits per heavy atom. The minimum Gasteiger partial charge on any atom is -0.478 e. The van der Waals surface area contributed by atoms with Gasteiger partial charge in [0, 0.05) is 24.2 Å². The van der Waals surface area contributed by atoms with Crippen LogP contribution in [0.15, 0.2) is 42.9 Å². The van der Waals surface area contributed by atoms with Crippen LogP contribution in [-0.2, 0) is 6.42 Å². The molecule has 5 nitrogen and oxygen atoms in total. The highest BCUT2D eigenvalue weighted by Gasteiger charge is 2.09. The van der Waals surface area contributed by atoms with E-state index in [9.17, 15) is 0 Å². The molecule has 5 heteroatoms. The lowest BCUT2D eigenvalue weighted by molar-refractivity contribution is 0.400. The lowest BCUT2D eigenvalue weighted by Crippen LogP contribution is -2.15. The highest BCUT2D eigenvalue weighted by molar-refractivity contribution is 5.63. The van der Waals surface area contributed by atoms with Crippen molar-refractivity contribution in [3.8, 4) is 17.1 Å². The molecule has 3 aromatic rings. The number of likely N-dealkylation sites (N-methyl/N-ethyl adjacent to an activating group) is 1. The standard InChI is InChI=1S/C17H20N4O/c1-3-18-8-7-13-5-4-6-14(11-13)15-12-21-10-9-19-16(21)17(20-15)22-2/h4-6,9-12,18H,3,7-8H2,1-2H3. The van der Waals surface area contributed by atoms with Crippen LogP contribution in [0.3, 0.4) is 0 Å². The SMILES string of the molecule is CCNCCc1cccc(-c2cn3ccnc3c(OC)n2)c1. The number of benzene rings is 1. The van der Waals surface area contributed by atoms with Crippen molar-refractivity contribution in [1.29, 1.82) is 0 Å².